The summed E-state index contributed by atoms with van der Waals surface area (Å²) in [7, 11) is 0. The van der Waals surface area contributed by atoms with Gasteiger partial charge in [0.2, 0.25) is 0 Å². The molecule has 0 saturated carbocycles. The molecule has 0 aliphatic carbocycles. The summed E-state index contributed by atoms with van der Waals surface area (Å²) < 4.78 is 86.8. The van der Waals surface area contributed by atoms with E-state index in [-0.39, 0.29) is 6.42 Å². The minimum Gasteiger partial charge on any atom is -0.332 e. The normalized spacial score (nSPS) is 14.4. The van der Waals surface area contributed by atoms with Crippen LogP contribution in [0.25, 0.3) is 0 Å². The Morgan fingerprint density at radius 3 is 1.53 bits per heavy atom. The first kappa shape index (κ1) is 14.5. The van der Waals surface area contributed by atoms with Gasteiger partial charge in [0.25, 0.3) is 0 Å². The number of rotatable bonds is 4. The first-order valence-electron chi connectivity index (χ1n) is 4.02. The molecule has 0 heterocycles. The molecule has 0 atom stereocenters. The fraction of sp³-hybridized carbons (Fsp3) is 1.00. The number of hydrogen-bond acceptors (Lipinski definition) is 1. The molecule has 15 heavy (non-hydrogen) atoms. The monoisotopic (exact) mass is 242 g/mol. The van der Waals surface area contributed by atoms with E-state index in [1.54, 1.807) is 0 Å². The van der Waals surface area contributed by atoms with Crippen molar-refractivity contribution in [3.63, 3.8) is 0 Å². The van der Waals surface area contributed by atoms with Crippen molar-refractivity contribution in [3.8, 4) is 0 Å². The van der Waals surface area contributed by atoms with Crippen molar-refractivity contribution in [1.29, 1.82) is 0 Å². The summed E-state index contributed by atoms with van der Waals surface area (Å²) in [5, 5.41) is 0. The fourth-order valence-corrected chi connectivity index (χ4v) is 0.682. The second kappa shape index (κ2) is 4.54. The highest BCUT2D eigenvalue weighted by Gasteiger charge is 2.74. The van der Waals surface area contributed by atoms with Gasteiger partial charge in [-0.05, 0) is 6.42 Å². The van der Waals surface area contributed by atoms with Crippen LogP contribution in [0, 0.1) is 0 Å². The lowest BCUT2D eigenvalue weighted by molar-refractivity contribution is -0.430. The molecule has 0 spiro atoms. The van der Waals surface area contributed by atoms with Crippen LogP contribution in [0.1, 0.15) is 19.8 Å². The van der Waals surface area contributed by atoms with Crippen LogP contribution in [0.3, 0.4) is 0 Å². The first-order valence-corrected chi connectivity index (χ1v) is 4.02. The molecule has 0 aromatic heterocycles. The number of ether oxygens (including phenoxy) is 1. The number of halogens is 7. The zero-order valence-electron chi connectivity index (χ0n) is 7.68. The maximum absolute atomic E-state index is 12.7. The predicted octanol–water partition coefficient (Wildman–Crippen LogP) is 3.59. The van der Waals surface area contributed by atoms with Crippen molar-refractivity contribution in [3.05, 3.63) is 0 Å². The van der Waals surface area contributed by atoms with Gasteiger partial charge >= 0.3 is 18.2 Å². The highest BCUT2D eigenvalue weighted by atomic mass is 19.4. The Labute approximate surface area is 81.2 Å². The molecule has 0 fully saturated rings. The van der Waals surface area contributed by atoms with Gasteiger partial charge in [-0.2, -0.15) is 30.7 Å². The van der Waals surface area contributed by atoms with Crippen molar-refractivity contribution < 1.29 is 35.5 Å². The van der Waals surface area contributed by atoms with Crippen LogP contribution < -0.4 is 0 Å². The molecule has 0 aromatic rings. The van der Waals surface area contributed by atoms with E-state index < -0.39 is 24.8 Å². The van der Waals surface area contributed by atoms with Gasteiger partial charge in [0, 0.05) is 0 Å². The third-order valence-electron chi connectivity index (χ3n) is 1.53. The second-order valence-corrected chi connectivity index (χ2v) is 2.79. The molecule has 0 radical (unpaired) electrons. The average molecular weight is 242 g/mol. The molecular formula is C7H9F7O. The number of unbranched alkanes of at least 4 members (excludes halogenated alkanes) is 1. The van der Waals surface area contributed by atoms with Gasteiger partial charge in [-0.25, -0.2) is 0 Å². The molecule has 0 aliphatic heterocycles. The van der Waals surface area contributed by atoms with Gasteiger partial charge in [-0.15, -0.1) is 0 Å². The summed E-state index contributed by atoms with van der Waals surface area (Å²) in [6.45, 7) is 0.580. The quantitative estimate of drug-likeness (QED) is 0.540. The Kier molecular flexibility index (Phi) is 4.38. The van der Waals surface area contributed by atoms with Gasteiger partial charge in [0.05, 0.1) is 6.61 Å². The number of alkyl halides is 7. The number of hydrogen-bond donors (Lipinski definition) is 0. The lowest BCUT2D eigenvalue weighted by Gasteiger charge is -2.29. The average Bonchev–Trinajstić information content (AvgIpc) is 2.00. The second-order valence-electron chi connectivity index (χ2n) is 2.79. The molecule has 0 bridgehead atoms. The molecule has 0 saturated heterocycles. The minimum atomic E-state index is -6.13. The van der Waals surface area contributed by atoms with Gasteiger partial charge in [0.1, 0.15) is 0 Å². The van der Waals surface area contributed by atoms with Crippen LogP contribution in [0.2, 0.25) is 0 Å². The van der Waals surface area contributed by atoms with Gasteiger partial charge in [0.15, 0.2) is 0 Å². The molecule has 0 unspecified atom stereocenters. The largest absolute Gasteiger partial charge is 0.458 e. The van der Waals surface area contributed by atoms with Crippen molar-refractivity contribution in [2.45, 2.75) is 38.0 Å². The molecule has 92 valence electrons. The van der Waals surface area contributed by atoms with Crippen molar-refractivity contribution in [2.75, 3.05) is 6.61 Å². The Morgan fingerprint density at radius 1 is 0.867 bits per heavy atom. The SMILES string of the molecule is CCCCOC(F)(C(F)(F)F)C(F)(F)F. The molecule has 0 amide bonds. The fourth-order valence-electron chi connectivity index (χ4n) is 0.682. The molecule has 8 heteroatoms. The third kappa shape index (κ3) is 3.22. The zero-order chi connectivity index (χ0) is 12.3. The van der Waals surface area contributed by atoms with Crippen LogP contribution in [0.5, 0.6) is 0 Å². The van der Waals surface area contributed by atoms with Crippen molar-refractivity contribution in [2.24, 2.45) is 0 Å². The summed E-state index contributed by atoms with van der Waals surface area (Å²) in [6.07, 6.45) is -12.0. The van der Waals surface area contributed by atoms with Crippen molar-refractivity contribution in [1.82, 2.24) is 0 Å². The van der Waals surface area contributed by atoms with E-state index in [0.29, 0.717) is 6.42 Å². The molecule has 0 aromatic carbocycles. The molecule has 0 N–H and O–H groups in total. The zero-order valence-corrected chi connectivity index (χ0v) is 7.68. The summed E-state index contributed by atoms with van der Waals surface area (Å²) in [4.78, 5) is 0. The Bertz CT molecular complexity index is 180. The molecule has 0 rings (SSSR count). The first-order chi connectivity index (χ1) is 6.56. The van der Waals surface area contributed by atoms with E-state index >= 15 is 0 Å². The Morgan fingerprint density at radius 2 is 1.27 bits per heavy atom. The summed E-state index contributed by atoms with van der Waals surface area (Å²) >= 11 is 0. The van der Waals surface area contributed by atoms with Crippen LogP contribution in [-0.4, -0.2) is 24.8 Å². The van der Waals surface area contributed by atoms with Gasteiger partial charge in [-0.1, -0.05) is 13.3 Å². The molecule has 0 aliphatic rings. The third-order valence-corrected chi connectivity index (χ3v) is 1.53. The predicted molar refractivity (Wildman–Crippen MR) is 36.8 cm³/mol. The lowest BCUT2D eigenvalue weighted by atomic mass is 10.3. The maximum Gasteiger partial charge on any atom is 0.458 e. The standard InChI is InChI=1S/C7H9F7O/c1-2-3-4-15-5(8,6(9,10)11)7(12,13)14/h2-4H2,1H3. The minimum absolute atomic E-state index is 0.0855. The molecular weight excluding hydrogens is 233 g/mol. The Balaban J connectivity index is 4.74. The van der Waals surface area contributed by atoms with E-state index in [2.05, 4.69) is 4.74 Å². The van der Waals surface area contributed by atoms with Gasteiger partial charge < -0.3 is 4.74 Å². The topological polar surface area (TPSA) is 9.23 Å². The maximum atomic E-state index is 12.7. The summed E-state index contributed by atoms with van der Waals surface area (Å²) in [5.41, 5.74) is 0. The summed E-state index contributed by atoms with van der Waals surface area (Å²) in [6, 6.07) is 0. The highest BCUT2D eigenvalue weighted by Crippen LogP contribution is 2.46. The van der Waals surface area contributed by atoms with Crippen LogP contribution in [0.4, 0.5) is 30.7 Å². The Hall–Kier alpha value is -0.530. The molecule has 1 nitrogen and oxygen atoms in total. The van der Waals surface area contributed by atoms with E-state index in [1.165, 1.54) is 6.92 Å². The van der Waals surface area contributed by atoms with Crippen LogP contribution >= 0.6 is 0 Å². The van der Waals surface area contributed by atoms with Crippen LogP contribution in [-0.2, 0) is 4.74 Å². The van der Waals surface area contributed by atoms with E-state index in [1.807, 2.05) is 0 Å². The summed E-state index contributed by atoms with van der Waals surface area (Å²) in [5.74, 6) is -5.57. The highest BCUT2D eigenvalue weighted by molar-refractivity contribution is 4.85. The van der Waals surface area contributed by atoms with Crippen LogP contribution in [0.15, 0.2) is 0 Å². The van der Waals surface area contributed by atoms with Crippen molar-refractivity contribution >= 4 is 0 Å². The van der Waals surface area contributed by atoms with E-state index in [4.69, 9.17) is 0 Å². The smallest absolute Gasteiger partial charge is 0.332 e. The lowest BCUT2D eigenvalue weighted by Crippen LogP contribution is -2.55. The van der Waals surface area contributed by atoms with E-state index in [9.17, 15) is 30.7 Å². The van der Waals surface area contributed by atoms with E-state index in [0.717, 1.165) is 0 Å². The van der Waals surface area contributed by atoms with Gasteiger partial charge in [-0.3, -0.25) is 0 Å².